The molecule has 0 saturated heterocycles. The van der Waals surface area contributed by atoms with Crippen molar-refractivity contribution in [3.05, 3.63) is 48.0 Å². The quantitative estimate of drug-likeness (QED) is 0.233. The molecule has 0 fully saturated rings. The summed E-state index contributed by atoms with van der Waals surface area (Å²) in [6.45, 7) is 2.59. The number of primary amides is 1. The van der Waals surface area contributed by atoms with Crippen LogP contribution in [-0.2, 0) is 30.5 Å². The predicted octanol–water partition coefficient (Wildman–Crippen LogP) is 1.95. The van der Waals surface area contributed by atoms with Gasteiger partial charge in [-0.15, -0.1) is 0 Å². The number of carbonyl (C=O) groups is 4. The topological polar surface area (TPSA) is 137 Å². The largest absolute Gasteiger partial charge is 0.463 e. The molecule has 9 heteroatoms. The second-order valence-corrected chi connectivity index (χ2v) is 6.71. The van der Waals surface area contributed by atoms with E-state index < -0.39 is 24.0 Å². The zero-order valence-corrected chi connectivity index (χ0v) is 17.8. The number of nitrogens with one attached hydrogen (secondary N) is 2. The first-order valence-corrected chi connectivity index (χ1v) is 10.3. The van der Waals surface area contributed by atoms with E-state index in [1.165, 1.54) is 12.2 Å². The number of esters is 1. The van der Waals surface area contributed by atoms with E-state index in [2.05, 4.69) is 10.6 Å². The molecule has 0 heterocycles. The first kappa shape index (κ1) is 25.7. The molecule has 0 aliphatic rings. The number of unbranched alkanes of at least 4 members (excludes halogenated alkanes) is 2. The summed E-state index contributed by atoms with van der Waals surface area (Å²) < 4.78 is 9.84. The highest BCUT2D eigenvalue weighted by atomic mass is 16.5. The number of amides is 3. The lowest BCUT2D eigenvalue weighted by molar-refractivity contribution is -0.137. The Balaban J connectivity index is 2.14. The van der Waals surface area contributed by atoms with Crippen LogP contribution in [0, 0.1) is 0 Å². The van der Waals surface area contributed by atoms with Crippen molar-refractivity contribution >= 4 is 23.9 Å². The lowest BCUT2D eigenvalue weighted by atomic mass is 10.1. The summed E-state index contributed by atoms with van der Waals surface area (Å²) in [7, 11) is 0. The highest BCUT2D eigenvalue weighted by Gasteiger charge is 2.16. The van der Waals surface area contributed by atoms with Crippen molar-refractivity contribution in [2.45, 2.75) is 51.7 Å². The molecular formula is C22H31N3O6. The summed E-state index contributed by atoms with van der Waals surface area (Å²) >= 11 is 0. The van der Waals surface area contributed by atoms with Crippen LogP contribution in [0.4, 0.5) is 4.79 Å². The molecule has 0 aromatic heterocycles. The van der Waals surface area contributed by atoms with Gasteiger partial charge >= 0.3 is 12.1 Å². The number of rotatable bonds is 14. The van der Waals surface area contributed by atoms with Crippen LogP contribution in [-0.4, -0.2) is 43.1 Å². The fraction of sp³-hybridized carbons (Fsp3) is 0.455. The number of benzene rings is 1. The Hall–Kier alpha value is -3.36. The third-order valence-electron chi connectivity index (χ3n) is 4.15. The summed E-state index contributed by atoms with van der Waals surface area (Å²) in [6, 6.07) is 8.49. The second kappa shape index (κ2) is 15.5. The molecule has 4 N–H and O–H groups in total. The Kier molecular flexibility index (Phi) is 12.8. The number of hydrogen-bond donors (Lipinski definition) is 3. The predicted molar refractivity (Wildman–Crippen MR) is 115 cm³/mol. The van der Waals surface area contributed by atoms with E-state index in [0.717, 1.165) is 12.0 Å². The number of ether oxygens (including phenoxy) is 2. The van der Waals surface area contributed by atoms with Crippen LogP contribution in [0.1, 0.15) is 44.6 Å². The van der Waals surface area contributed by atoms with Crippen molar-refractivity contribution in [1.29, 1.82) is 0 Å². The van der Waals surface area contributed by atoms with E-state index in [1.54, 1.807) is 6.92 Å². The minimum Gasteiger partial charge on any atom is -0.463 e. The van der Waals surface area contributed by atoms with Gasteiger partial charge in [0.05, 0.1) is 6.61 Å². The Morgan fingerprint density at radius 2 is 1.81 bits per heavy atom. The average Bonchev–Trinajstić information content (AvgIpc) is 2.74. The van der Waals surface area contributed by atoms with E-state index in [0.29, 0.717) is 19.4 Å². The maximum absolute atomic E-state index is 12.0. The van der Waals surface area contributed by atoms with Crippen LogP contribution in [0.3, 0.4) is 0 Å². The smallest absolute Gasteiger partial charge is 0.407 e. The van der Waals surface area contributed by atoms with E-state index >= 15 is 0 Å². The van der Waals surface area contributed by atoms with Gasteiger partial charge in [-0.3, -0.25) is 9.59 Å². The maximum atomic E-state index is 12.0. The molecule has 170 valence electrons. The fourth-order valence-corrected chi connectivity index (χ4v) is 2.56. The molecule has 0 saturated carbocycles. The van der Waals surface area contributed by atoms with Crippen LogP contribution < -0.4 is 16.4 Å². The van der Waals surface area contributed by atoms with E-state index in [-0.39, 0.29) is 32.0 Å². The summed E-state index contributed by atoms with van der Waals surface area (Å²) in [5, 5.41) is 5.22. The number of alkyl carbamates (subject to hydrolysis) is 1. The highest BCUT2D eigenvalue weighted by Crippen LogP contribution is 2.03. The zero-order valence-electron chi connectivity index (χ0n) is 17.8. The van der Waals surface area contributed by atoms with Crippen molar-refractivity contribution in [1.82, 2.24) is 10.6 Å². The third-order valence-corrected chi connectivity index (χ3v) is 4.15. The van der Waals surface area contributed by atoms with Gasteiger partial charge in [0.15, 0.2) is 0 Å². The first-order chi connectivity index (χ1) is 14.9. The van der Waals surface area contributed by atoms with Gasteiger partial charge in [-0.2, -0.15) is 0 Å². The monoisotopic (exact) mass is 433 g/mol. The summed E-state index contributed by atoms with van der Waals surface area (Å²) in [6.07, 6.45) is 4.49. The summed E-state index contributed by atoms with van der Waals surface area (Å²) in [4.78, 5) is 46.3. The first-order valence-electron chi connectivity index (χ1n) is 10.3. The molecule has 0 aliphatic carbocycles. The van der Waals surface area contributed by atoms with Gasteiger partial charge in [-0.25, -0.2) is 9.59 Å². The van der Waals surface area contributed by atoms with Crippen LogP contribution in [0.5, 0.6) is 0 Å². The molecule has 0 radical (unpaired) electrons. The van der Waals surface area contributed by atoms with Gasteiger partial charge in [0.2, 0.25) is 11.8 Å². The normalized spacial score (nSPS) is 11.5. The van der Waals surface area contributed by atoms with Gasteiger partial charge in [-0.1, -0.05) is 42.8 Å². The lowest BCUT2D eigenvalue weighted by Gasteiger charge is -2.13. The highest BCUT2D eigenvalue weighted by molar-refractivity contribution is 5.87. The van der Waals surface area contributed by atoms with Crippen molar-refractivity contribution in [2.75, 3.05) is 13.2 Å². The number of carbonyl (C=O) groups excluding carboxylic acids is 4. The number of nitrogens with two attached hydrogens (primary N) is 1. The molecule has 1 aromatic carbocycles. The van der Waals surface area contributed by atoms with Crippen LogP contribution in [0.15, 0.2) is 42.5 Å². The molecule has 1 rings (SSSR count). The van der Waals surface area contributed by atoms with Gasteiger partial charge in [0, 0.05) is 19.0 Å². The number of hydrogen-bond acceptors (Lipinski definition) is 6. The Morgan fingerprint density at radius 1 is 1.06 bits per heavy atom. The van der Waals surface area contributed by atoms with E-state index in [4.69, 9.17) is 15.2 Å². The van der Waals surface area contributed by atoms with Crippen LogP contribution >= 0.6 is 0 Å². The summed E-state index contributed by atoms with van der Waals surface area (Å²) in [5.41, 5.74) is 6.20. The standard InChI is InChI=1S/C22H31N3O6/c1-2-30-20(27)14-9-12-18(21(23)28)25-19(26)13-7-4-8-15-24-22(29)31-16-17-10-5-3-6-11-17/h3,5-6,9-11,14,18H,2,4,7-8,12-13,15-16H2,1H3,(H2,23,28)(H,24,29)(H,25,26)/b14-9+/t18-/m0/s1. The third kappa shape index (κ3) is 12.7. The molecule has 1 atom stereocenters. The van der Waals surface area contributed by atoms with E-state index in [9.17, 15) is 19.2 Å². The molecule has 3 amide bonds. The van der Waals surface area contributed by atoms with Gasteiger partial charge < -0.3 is 25.8 Å². The Morgan fingerprint density at radius 3 is 2.48 bits per heavy atom. The van der Waals surface area contributed by atoms with Gasteiger partial charge in [-0.05, 0) is 31.7 Å². The molecule has 0 bridgehead atoms. The van der Waals surface area contributed by atoms with Crippen LogP contribution in [0.25, 0.3) is 0 Å². The average molecular weight is 434 g/mol. The second-order valence-electron chi connectivity index (χ2n) is 6.71. The molecule has 0 unspecified atom stereocenters. The SMILES string of the molecule is CCOC(=O)/C=C/C[C@H](NC(=O)CCCCCNC(=O)OCc1ccccc1)C(N)=O. The minimum absolute atomic E-state index is 0.106. The molecule has 31 heavy (non-hydrogen) atoms. The fourth-order valence-electron chi connectivity index (χ4n) is 2.56. The van der Waals surface area contributed by atoms with Gasteiger partial charge in [0.25, 0.3) is 0 Å². The van der Waals surface area contributed by atoms with Crippen molar-refractivity contribution in [3.8, 4) is 0 Å². The molecule has 0 aliphatic heterocycles. The van der Waals surface area contributed by atoms with Gasteiger partial charge in [0.1, 0.15) is 12.6 Å². The summed E-state index contributed by atoms with van der Waals surface area (Å²) in [5.74, 6) is -1.50. The Labute approximate surface area is 182 Å². The van der Waals surface area contributed by atoms with Crippen molar-refractivity contribution in [3.63, 3.8) is 0 Å². The minimum atomic E-state index is -0.890. The molecule has 9 nitrogen and oxygen atoms in total. The van der Waals surface area contributed by atoms with Crippen molar-refractivity contribution < 1.29 is 28.7 Å². The van der Waals surface area contributed by atoms with Crippen molar-refractivity contribution in [2.24, 2.45) is 5.73 Å². The molecule has 1 aromatic rings. The zero-order chi connectivity index (χ0) is 22.9. The molecular weight excluding hydrogens is 402 g/mol. The van der Waals surface area contributed by atoms with E-state index in [1.807, 2.05) is 30.3 Å². The molecule has 0 spiro atoms. The van der Waals surface area contributed by atoms with Crippen LogP contribution in [0.2, 0.25) is 0 Å². The Bertz CT molecular complexity index is 736. The lowest BCUT2D eigenvalue weighted by Crippen LogP contribution is -2.44. The maximum Gasteiger partial charge on any atom is 0.407 e.